The van der Waals surface area contributed by atoms with Crippen molar-refractivity contribution in [1.29, 1.82) is 0 Å². The van der Waals surface area contributed by atoms with Crippen LogP contribution in [0.5, 0.6) is 0 Å². The van der Waals surface area contributed by atoms with Gasteiger partial charge < -0.3 is 14.3 Å². The summed E-state index contributed by atoms with van der Waals surface area (Å²) in [6, 6.07) is 9.21. The first kappa shape index (κ1) is 11.7. The minimum absolute atomic E-state index is 0.489. The normalized spacial score (nSPS) is 28.2. The lowest BCUT2D eigenvalue weighted by atomic mass is 9.94. The van der Waals surface area contributed by atoms with Gasteiger partial charge in [-0.05, 0) is 0 Å². The van der Waals surface area contributed by atoms with Crippen LogP contribution >= 0.6 is 0 Å². The van der Waals surface area contributed by atoms with Gasteiger partial charge in [0, 0.05) is 12.5 Å². The van der Waals surface area contributed by atoms with E-state index in [0.717, 1.165) is 5.56 Å². The number of cyclic esters (lactones) is 1. The Hall–Kier alpha value is -2.37. The Labute approximate surface area is 108 Å². The first-order chi connectivity index (χ1) is 9.16. The third kappa shape index (κ3) is 1.95. The largest absolute Gasteiger partial charge is 0.421 e. The summed E-state index contributed by atoms with van der Waals surface area (Å²) in [7, 11) is 0. The monoisotopic (exact) mass is 261 g/mol. The molecule has 2 aliphatic rings. The Bertz CT molecular complexity index is 553. The molecule has 0 radical (unpaired) electrons. The van der Waals surface area contributed by atoms with E-state index in [1.807, 2.05) is 30.3 Å². The number of oxime groups is 1. The third-order valence-corrected chi connectivity index (χ3v) is 3.00. The van der Waals surface area contributed by atoms with Crippen molar-refractivity contribution in [1.82, 2.24) is 0 Å². The molecule has 2 aliphatic heterocycles. The molecule has 6 nitrogen and oxygen atoms in total. The van der Waals surface area contributed by atoms with E-state index in [0.29, 0.717) is 5.71 Å². The minimum Gasteiger partial charge on any atom is -0.421 e. The maximum Gasteiger partial charge on any atom is 0.322 e. The molecule has 1 aromatic rings. The van der Waals surface area contributed by atoms with Gasteiger partial charge >= 0.3 is 11.9 Å². The maximum atomic E-state index is 11.9. The number of rotatable bonds is 2. The minimum atomic E-state index is -1.03. The zero-order valence-corrected chi connectivity index (χ0v) is 10.1. The highest BCUT2D eigenvalue weighted by Crippen LogP contribution is 2.34. The van der Waals surface area contributed by atoms with Gasteiger partial charge in [0.25, 0.3) is 6.29 Å². The van der Waals surface area contributed by atoms with Gasteiger partial charge in [-0.2, -0.15) is 0 Å². The van der Waals surface area contributed by atoms with E-state index in [-0.39, 0.29) is 0 Å². The molecule has 3 rings (SSSR count). The molecule has 0 unspecified atom stereocenters. The molecule has 0 bridgehead atoms. The van der Waals surface area contributed by atoms with Crippen molar-refractivity contribution in [2.45, 2.75) is 19.3 Å². The van der Waals surface area contributed by atoms with E-state index in [1.165, 1.54) is 6.92 Å². The highest BCUT2D eigenvalue weighted by Gasteiger charge is 2.55. The SMILES string of the molecule is CC(=O)O[C@H]1OC(=O)[C@@H]2C(c3ccccc3)=NO[C@H]12. The maximum absolute atomic E-state index is 11.9. The number of fused-ring (bicyclic) bond motifs is 1. The predicted molar refractivity (Wildman–Crippen MR) is 63.0 cm³/mol. The molecular formula is C13H11NO5. The smallest absolute Gasteiger partial charge is 0.322 e. The average molecular weight is 261 g/mol. The van der Waals surface area contributed by atoms with Crippen molar-refractivity contribution >= 4 is 17.7 Å². The van der Waals surface area contributed by atoms with Crippen LogP contribution in [0.4, 0.5) is 0 Å². The van der Waals surface area contributed by atoms with Crippen LogP contribution in [0, 0.1) is 5.92 Å². The second-order valence-electron chi connectivity index (χ2n) is 4.30. The van der Waals surface area contributed by atoms with E-state index in [1.54, 1.807) is 0 Å². The van der Waals surface area contributed by atoms with Crippen LogP contribution in [0.25, 0.3) is 0 Å². The van der Waals surface area contributed by atoms with Crippen molar-refractivity contribution in [2.75, 3.05) is 0 Å². The van der Waals surface area contributed by atoms with Gasteiger partial charge in [0.1, 0.15) is 11.6 Å². The molecule has 0 N–H and O–H groups in total. The summed E-state index contributed by atoms with van der Waals surface area (Å²) < 4.78 is 9.90. The first-order valence-electron chi connectivity index (χ1n) is 5.83. The van der Waals surface area contributed by atoms with Crippen molar-refractivity contribution in [3.05, 3.63) is 35.9 Å². The van der Waals surface area contributed by atoms with Crippen molar-refractivity contribution in [2.24, 2.45) is 11.1 Å². The molecule has 1 saturated heterocycles. The highest BCUT2D eigenvalue weighted by molar-refractivity contribution is 6.13. The molecular weight excluding hydrogens is 250 g/mol. The number of ether oxygens (including phenoxy) is 2. The van der Waals surface area contributed by atoms with Crippen LogP contribution in [0.1, 0.15) is 12.5 Å². The van der Waals surface area contributed by atoms with Crippen LogP contribution < -0.4 is 0 Å². The summed E-state index contributed by atoms with van der Waals surface area (Å²) in [5, 5.41) is 3.92. The zero-order chi connectivity index (χ0) is 13.4. The number of hydrogen-bond acceptors (Lipinski definition) is 6. The van der Waals surface area contributed by atoms with Crippen LogP contribution in [0.2, 0.25) is 0 Å². The van der Waals surface area contributed by atoms with Crippen molar-refractivity contribution in [3.63, 3.8) is 0 Å². The van der Waals surface area contributed by atoms with Gasteiger partial charge in [-0.15, -0.1) is 0 Å². The number of esters is 2. The first-order valence-corrected chi connectivity index (χ1v) is 5.83. The van der Waals surface area contributed by atoms with Crippen LogP contribution in [0.15, 0.2) is 35.5 Å². The van der Waals surface area contributed by atoms with Gasteiger partial charge in [-0.25, -0.2) is 0 Å². The number of carbonyl (C=O) groups is 2. The lowest BCUT2D eigenvalue weighted by Gasteiger charge is -2.13. The number of hydrogen-bond donors (Lipinski definition) is 0. The van der Waals surface area contributed by atoms with Gasteiger partial charge in [-0.1, -0.05) is 35.5 Å². The van der Waals surface area contributed by atoms with Crippen LogP contribution in [0.3, 0.4) is 0 Å². The van der Waals surface area contributed by atoms with E-state index >= 15 is 0 Å². The summed E-state index contributed by atoms with van der Waals surface area (Å²) >= 11 is 0. The summed E-state index contributed by atoms with van der Waals surface area (Å²) in [4.78, 5) is 28.0. The van der Waals surface area contributed by atoms with E-state index < -0.39 is 30.3 Å². The second kappa shape index (κ2) is 4.38. The molecule has 98 valence electrons. The molecule has 3 atom stereocenters. The standard InChI is InChI=1S/C13H11NO5/c1-7(15)17-13-11-9(12(16)18-13)10(14-19-11)8-5-3-2-4-6-8/h2-6,9,11,13H,1H3/t9-,11+,13+/m1/s1. The molecule has 2 heterocycles. The molecule has 0 aliphatic carbocycles. The summed E-state index contributed by atoms with van der Waals surface area (Å²) in [5.41, 5.74) is 1.29. The topological polar surface area (TPSA) is 74.2 Å². The predicted octanol–water partition coefficient (Wildman–Crippen LogP) is 0.852. The summed E-state index contributed by atoms with van der Waals surface area (Å²) in [6.45, 7) is 1.25. The second-order valence-corrected chi connectivity index (χ2v) is 4.30. The number of carbonyl (C=O) groups excluding carboxylic acids is 2. The molecule has 0 spiro atoms. The van der Waals surface area contributed by atoms with Gasteiger partial charge in [0.15, 0.2) is 0 Å². The Kier molecular flexibility index (Phi) is 2.70. The fraction of sp³-hybridized carbons (Fsp3) is 0.308. The Morgan fingerprint density at radius 1 is 1.32 bits per heavy atom. The van der Waals surface area contributed by atoms with Crippen molar-refractivity contribution in [3.8, 4) is 0 Å². The quantitative estimate of drug-likeness (QED) is 0.738. The summed E-state index contributed by atoms with van der Waals surface area (Å²) in [5.74, 6) is -1.67. The van der Waals surface area contributed by atoms with Gasteiger partial charge in [0.2, 0.25) is 6.10 Å². The Balaban J connectivity index is 1.86. The van der Waals surface area contributed by atoms with E-state index in [9.17, 15) is 9.59 Å². The lowest BCUT2D eigenvalue weighted by molar-refractivity contribution is -0.188. The summed E-state index contributed by atoms with van der Waals surface area (Å²) in [6.07, 6.45) is -1.73. The fourth-order valence-corrected chi connectivity index (χ4v) is 2.19. The Morgan fingerprint density at radius 2 is 2.05 bits per heavy atom. The van der Waals surface area contributed by atoms with E-state index in [4.69, 9.17) is 14.3 Å². The van der Waals surface area contributed by atoms with Crippen LogP contribution in [-0.2, 0) is 23.9 Å². The fourth-order valence-electron chi connectivity index (χ4n) is 2.19. The Morgan fingerprint density at radius 3 is 2.74 bits per heavy atom. The molecule has 19 heavy (non-hydrogen) atoms. The van der Waals surface area contributed by atoms with Crippen LogP contribution in [-0.4, -0.2) is 30.0 Å². The van der Waals surface area contributed by atoms with E-state index in [2.05, 4.69) is 5.16 Å². The average Bonchev–Trinajstić information content (AvgIpc) is 2.93. The lowest BCUT2D eigenvalue weighted by Crippen LogP contribution is -2.31. The van der Waals surface area contributed by atoms with Gasteiger partial charge in [-0.3, -0.25) is 9.59 Å². The van der Waals surface area contributed by atoms with Gasteiger partial charge in [0.05, 0.1) is 0 Å². The molecule has 1 aromatic carbocycles. The molecule has 0 aromatic heterocycles. The number of benzene rings is 1. The highest BCUT2D eigenvalue weighted by atomic mass is 16.8. The molecule has 1 fully saturated rings. The molecule has 6 heteroatoms. The third-order valence-electron chi connectivity index (χ3n) is 3.00. The molecule has 0 amide bonds. The molecule has 0 saturated carbocycles. The van der Waals surface area contributed by atoms with Crippen molar-refractivity contribution < 1.29 is 23.9 Å². The number of nitrogens with zero attached hydrogens (tertiary/aromatic N) is 1. The zero-order valence-electron chi connectivity index (χ0n) is 10.1.